The van der Waals surface area contributed by atoms with E-state index in [-0.39, 0.29) is 5.91 Å². The van der Waals surface area contributed by atoms with E-state index in [1.165, 1.54) is 6.39 Å². The van der Waals surface area contributed by atoms with Crippen LogP contribution in [0.25, 0.3) is 28.3 Å². The number of benzene rings is 2. The molecule has 2 aromatic heterocycles. The summed E-state index contributed by atoms with van der Waals surface area (Å²) in [5, 5.41) is 7.01. The molecule has 4 rings (SSSR count). The lowest BCUT2D eigenvalue weighted by Gasteiger charge is -2.08. The second kappa shape index (κ2) is 7.55. The highest BCUT2D eigenvalue weighted by Crippen LogP contribution is 2.23. The van der Waals surface area contributed by atoms with E-state index in [2.05, 4.69) is 27.1 Å². The molecule has 7 nitrogen and oxygen atoms in total. The predicted molar refractivity (Wildman–Crippen MR) is 112 cm³/mol. The first-order valence-electron chi connectivity index (χ1n) is 8.96. The Morgan fingerprint density at radius 1 is 1.24 bits per heavy atom. The van der Waals surface area contributed by atoms with Gasteiger partial charge in [-0.3, -0.25) is 9.48 Å². The van der Waals surface area contributed by atoms with Crippen molar-refractivity contribution in [1.82, 2.24) is 20.1 Å². The summed E-state index contributed by atoms with van der Waals surface area (Å²) >= 11 is 0. The Bertz CT molecular complexity index is 1250. The number of fused-ring (bicyclic) bond motifs is 1. The summed E-state index contributed by atoms with van der Waals surface area (Å²) in [4.78, 5) is 20.7. The molecule has 29 heavy (non-hydrogen) atoms. The van der Waals surface area contributed by atoms with Crippen molar-refractivity contribution in [2.75, 3.05) is 0 Å². The number of nitrogens with one attached hydrogen (secondary N) is 1. The number of aryl methyl sites for hydroxylation is 2. The van der Waals surface area contributed by atoms with Crippen LogP contribution in [0.15, 0.2) is 70.4 Å². The molecule has 2 heterocycles. The van der Waals surface area contributed by atoms with Crippen molar-refractivity contribution in [3.8, 4) is 11.1 Å². The Balaban J connectivity index is 1.61. The van der Waals surface area contributed by atoms with Gasteiger partial charge >= 0.3 is 0 Å². The highest BCUT2D eigenvalue weighted by atomic mass is 16.3. The van der Waals surface area contributed by atoms with Crippen molar-refractivity contribution in [3.63, 3.8) is 0 Å². The number of carbonyl (C=O) groups excluding carboxylic acids is 1. The zero-order valence-corrected chi connectivity index (χ0v) is 16.1. The van der Waals surface area contributed by atoms with Gasteiger partial charge in [0.25, 0.3) is 5.91 Å². The molecule has 0 atom stereocenters. The van der Waals surface area contributed by atoms with Crippen molar-refractivity contribution in [2.45, 2.75) is 6.92 Å². The van der Waals surface area contributed by atoms with Crippen LogP contribution in [0.4, 0.5) is 0 Å². The van der Waals surface area contributed by atoms with E-state index in [1.54, 1.807) is 29.0 Å². The molecule has 0 spiro atoms. The third-order valence-corrected chi connectivity index (χ3v) is 4.62. The number of aromatic nitrogens is 3. The SMILES string of the molecule is C=N/C(=C\c1cc(-c2cnn(C)c2)ccc1C)NC(=O)c1ccc2ncoc2c1. The van der Waals surface area contributed by atoms with Gasteiger partial charge in [-0.1, -0.05) is 12.1 Å². The van der Waals surface area contributed by atoms with Gasteiger partial charge in [0.05, 0.1) is 6.20 Å². The molecular formula is C22H19N5O2. The van der Waals surface area contributed by atoms with Gasteiger partial charge in [-0.2, -0.15) is 5.10 Å². The average molecular weight is 385 g/mol. The Morgan fingerprint density at radius 2 is 2.10 bits per heavy atom. The molecule has 0 fully saturated rings. The number of amides is 1. The summed E-state index contributed by atoms with van der Waals surface area (Å²) < 4.78 is 7.02. The van der Waals surface area contributed by atoms with E-state index in [0.29, 0.717) is 22.5 Å². The molecule has 0 saturated heterocycles. The van der Waals surface area contributed by atoms with E-state index < -0.39 is 0 Å². The van der Waals surface area contributed by atoms with Crippen LogP contribution in [0.2, 0.25) is 0 Å². The number of hydrogen-bond donors (Lipinski definition) is 1. The smallest absolute Gasteiger partial charge is 0.256 e. The summed E-state index contributed by atoms with van der Waals surface area (Å²) in [5.74, 6) is 0.0575. The quantitative estimate of drug-likeness (QED) is 0.527. The van der Waals surface area contributed by atoms with Crippen molar-refractivity contribution in [3.05, 3.63) is 77.7 Å². The fourth-order valence-electron chi connectivity index (χ4n) is 3.00. The van der Waals surface area contributed by atoms with E-state index in [0.717, 1.165) is 22.3 Å². The Morgan fingerprint density at radius 3 is 2.86 bits per heavy atom. The average Bonchev–Trinajstić information content (AvgIpc) is 3.37. The third-order valence-electron chi connectivity index (χ3n) is 4.62. The van der Waals surface area contributed by atoms with Crippen LogP contribution in [0.3, 0.4) is 0 Å². The van der Waals surface area contributed by atoms with Crippen LogP contribution >= 0.6 is 0 Å². The lowest BCUT2D eigenvalue weighted by Crippen LogP contribution is -2.21. The Labute approximate surface area is 167 Å². The van der Waals surface area contributed by atoms with Gasteiger partial charge in [-0.15, -0.1) is 0 Å². The summed E-state index contributed by atoms with van der Waals surface area (Å²) in [5.41, 5.74) is 5.72. The molecule has 0 unspecified atom stereocenters. The minimum atomic E-state index is -0.303. The van der Waals surface area contributed by atoms with Gasteiger partial charge in [0, 0.05) is 24.4 Å². The van der Waals surface area contributed by atoms with Gasteiger partial charge < -0.3 is 9.73 Å². The van der Waals surface area contributed by atoms with Crippen LogP contribution < -0.4 is 5.32 Å². The molecule has 144 valence electrons. The standard InChI is InChI=1S/C22H19N5O2/c1-14-4-5-15(18-11-25-27(3)12-18)8-17(14)10-21(23-2)26-22(28)16-6-7-19-20(9-16)29-13-24-19/h4-13H,2H2,1,3H3,(H,26,28)/b21-10+. The van der Waals surface area contributed by atoms with Crippen molar-refractivity contribution < 1.29 is 9.21 Å². The first-order valence-corrected chi connectivity index (χ1v) is 8.96. The minimum absolute atomic E-state index is 0.303. The summed E-state index contributed by atoms with van der Waals surface area (Å²) in [6.45, 7) is 5.58. The normalized spacial score (nSPS) is 11.6. The lowest BCUT2D eigenvalue weighted by molar-refractivity contribution is 0.0966. The van der Waals surface area contributed by atoms with E-state index in [9.17, 15) is 4.79 Å². The summed E-state index contributed by atoms with van der Waals surface area (Å²) in [6, 6.07) is 11.2. The number of nitrogens with zero attached hydrogens (tertiary/aromatic N) is 4. The second-order valence-electron chi connectivity index (χ2n) is 6.65. The fourth-order valence-corrected chi connectivity index (χ4v) is 3.00. The predicted octanol–water partition coefficient (Wildman–Crippen LogP) is 3.97. The van der Waals surface area contributed by atoms with Crippen LogP contribution in [0.5, 0.6) is 0 Å². The topological polar surface area (TPSA) is 85.3 Å². The third kappa shape index (κ3) is 3.84. The van der Waals surface area contributed by atoms with Gasteiger partial charge in [0.2, 0.25) is 0 Å². The van der Waals surface area contributed by atoms with Gasteiger partial charge in [-0.05, 0) is 60.7 Å². The first-order chi connectivity index (χ1) is 14.0. The lowest BCUT2D eigenvalue weighted by atomic mass is 10.0. The zero-order valence-electron chi connectivity index (χ0n) is 16.1. The van der Waals surface area contributed by atoms with Crippen molar-refractivity contribution >= 4 is 29.8 Å². The maximum absolute atomic E-state index is 12.6. The number of rotatable bonds is 5. The van der Waals surface area contributed by atoms with Crippen LogP contribution in [-0.4, -0.2) is 27.4 Å². The van der Waals surface area contributed by atoms with Crippen LogP contribution in [0.1, 0.15) is 21.5 Å². The molecule has 1 amide bonds. The van der Waals surface area contributed by atoms with E-state index in [1.807, 2.05) is 44.6 Å². The molecule has 0 aliphatic rings. The van der Waals surface area contributed by atoms with Gasteiger partial charge in [0.1, 0.15) is 11.3 Å². The number of hydrogen-bond acceptors (Lipinski definition) is 5. The van der Waals surface area contributed by atoms with Gasteiger partial charge in [-0.25, -0.2) is 9.98 Å². The summed E-state index contributed by atoms with van der Waals surface area (Å²) in [7, 11) is 1.88. The van der Waals surface area contributed by atoms with Crippen LogP contribution in [-0.2, 0) is 7.05 Å². The molecule has 0 aliphatic carbocycles. The zero-order chi connectivity index (χ0) is 20.4. The number of aliphatic imine (C=N–C) groups is 1. The molecule has 7 heteroatoms. The van der Waals surface area contributed by atoms with Crippen LogP contribution in [0, 0.1) is 6.92 Å². The molecule has 0 bridgehead atoms. The monoisotopic (exact) mass is 385 g/mol. The number of carbonyl (C=O) groups is 1. The molecule has 4 aromatic rings. The molecule has 0 radical (unpaired) electrons. The van der Waals surface area contributed by atoms with E-state index >= 15 is 0 Å². The second-order valence-corrected chi connectivity index (χ2v) is 6.65. The maximum Gasteiger partial charge on any atom is 0.256 e. The van der Waals surface area contributed by atoms with Crippen molar-refractivity contribution in [2.24, 2.45) is 12.0 Å². The Hall–Kier alpha value is -4.00. The van der Waals surface area contributed by atoms with E-state index in [4.69, 9.17) is 4.42 Å². The summed E-state index contributed by atoms with van der Waals surface area (Å²) in [6.07, 6.45) is 6.91. The first kappa shape index (κ1) is 18.4. The molecule has 0 saturated carbocycles. The number of oxazole rings is 1. The Kier molecular flexibility index (Phi) is 4.78. The van der Waals surface area contributed by atoms with Gasteiger partial charge in [0.15, 0.2) is 12.0 Å². The largest absolute Gasteiger partial charge is 0.443 e. The highest BCUT2D eigenvalue weighted by Gasteiger charge is 2.11. The van der Waals surface area contributed by atoms with Crippen molar-refractivity contribution in [1.29, 1.82) is 0 Å². The molecule has 2 aromatic carbocycles. The highest BCUT2D eigenvalue weighted by molar-refractivity contribution is 5.98. The minimum Gasteiger partial charge on any atom is -0.443 e. The maximum atomic E-state index is 12.6. The fraction of sp³-hybridized carbons (Fsp3) is 0.0909. The molecule has 1 N–H and O–H groups in total. The molecule has 0 aliphatic heterocycles. The molecular weight excluding hydrogens is 366 g/mol.